The van der Waals surface area contributed by atoms with E-state index in [-0.39, 0.29) is 4.75 Å². The third-order valence-corrected chi connectivity index (χ3v) is 4.18. The summed E-state index contributed by atoms with van der Waals surface area (Å²) in [6.07, 6.45) is 4.20. The zero-order valence-corrected chi connectivity index (χ0v) is 9.16. The minimum atomic E-state index is -0.0437. The highest BCUT2D eigenvalue weighted by molar-refractivity contribution is 8.00. The fraction of sp³-hybridized carbons (Fsp3) is 0.900. The first-order chi connectivity index (χ1) is 5.43. The summed E-state index contributed by atoms with van der Waals surface area (Å²) in [5.74, 6) is 0.740. The third-order valence-electron chi connectivity index (χ3n) is 2.97. The molecule has 12 heavy (non-hydrogen) atoms. The molecule has 2 heteroatoms. The van der Waals surface area contributed by atoms with Crippen molar-refractivity contribution in [2.45, 2.75) is 38.4 Å². The summed E-state index contributed by atoms with van der Waals surface area (Å²) in [6.45, 7) is 6.79. The van der Waals surface area contributed by atoms with Crippen LogP contribution in [0.25, 0.3) is 0 Å². The van der Waals surface area contributed by atoms with Crippen molar-refractivity contribution < 1.29 is 0 Å². The van der Waals surface area contributed by atoms with E-state index in [9.17, 15) is 0 Å². The third kappa shape index (κ3) is 1.61. The molecule has 1 rings (SSSR count). The highest BCUT2D eigenvalue weighted by Crippen LogP contribution is 2.53. The van der Waals surface area contributed by atoms with Crippen LogP contribution in [0.15, 0.2) is 0 Å². The summed E-state index contributed by atoms with van der Waals surface area (Å²) >= 11 is 1.72. The Morgan fingerprint density at radius 2 is 1.92 bits per heavy atom. The van der Waals surface area contributed by atoms with Crippen molar-refractivity contribution in [1.29, 1.82) is 5.26 Å². The number of nitrogens with zero attached hydrogens (tertiary/aromatic N) is 1. The van der Waals surface area contributed by atoms with Gasteiger partial charge in [-0.15, -0.1) is 11.8 Å². The number of rotatable bonds is 1. The molecular formula is C10H17NS. The standard InChI is InChI=1S/C10H17NS/c1-9(2,3)8-5-10(6-8,7-11)12-4/h8H,5-6H2,1-4H3. The molecule has 0 N–H and O–H groups in total. The largest absolute Gasteiger partial charge is 0.197 e. The Morgan fingerprint density at radius 3 is 2.17 bits per heavy atom. The van der Waals surface area contributed by atoms with E-state index < -0.39 is 0 Å². The minimum absolute atomic E-state index is 0.0437. The maximum Gasteiger partial charge on any atom is 0.103 e. The van der Waals surface area contributed by atoms with Gasteiger partial charge in [0.2, 0.25) is 0 Å². The van der Waals surface area contributed by atoms with Crippen LogP contribution >= 0.6 is 11.8 Å². The molecule has 1 saturated carbocycles. The van der Waals surface area contributed by atoms with Gasteiger partial charge in [0, 0.05) is 0 Å². The maximum atomic E-state index is 8.95. The van der Waals surface area contributed by atoms with E-state index in [0.717, 1.165) is 18.8 Å². The Bertz CT molecular complexity index is 203. The minimum Gasteiger partial charge on any atom is -0.197 e. The van der Waals surface area contributed by atoms with Crippen LogP contribution in [0.1, 0.15) is 33.6 Å². The molecule has 0 heterocycles. The first-order valence-electron chi connectivity index (χ1n) is 4.40. The molecule has 0 unspecified atom stereocenters. The summed E-state index contributed by atoms with van der Waals surface area (Å²) in [6, 6.07) is 2.43. The molecule has 0 aromatic carbocycles. The number of nitriles is 1. The average Bonchev–Trinajstić information content (AvgIpc) is 1.85. The zero-order valence-electron chi connectivity index (χ0n) is 8.35. The Morgan fingerprint density at radius 1 is 1.42 bits per heavy atom. The Kier molecular flexibility index (Phi) is 2.45. The normalized spacial score (nSPS) is 35.4. The van der Waals surface area contributed by atoms with Gasteiger partial charge in [-0.1, -0.05) is 20.8 Å². The van der Waals surface area contributed by atoms with Crippen LogP contribution in [-0.2, 0) is 0 Å². The highest BCUT2D eigenvalue weighted by atomic mass is 32.2. The topological polar surface area (TPSA) is 23.8 Å². The molecule has 0 aromatic heterocycles. The lowest BCUT2D eigenvalue weighted by Crippen LogP contribution is -2.45. The molecule has 0 radical (unpaired) electrons. The predicted octanol–water partition coefficient (Wildman–Crippen LogP) is 3.07. The van der Waals surface area contributed by atoms with Crippen molar-refractivity contribution in [2.24, 2.45) is 11.3 Å². The van der Waals surface area contributed by atoms with E-state index in [2.05, 4.69) is 26.8 Å². The molecule has 0 atom stereocenters. The van der Waals surface area contributed by atoms with Crippen LogP contribution in [0.2, 0.25) is 0 Å². The Hall–Kier alpha value is -0.160. The van der Waals surface area contributed by atoms with Crippen LogP contribution in [0.5, 0.6) is 0 Å². The van der Waals surface area contributed by atoms with Crippen molar-refractivity contribution in [2.75, 3.05) is 6.26 Å². The molecule has 0 aliphatic heterocycles. The molecule has 0 saturated heterocycles. The van der Waals surface area contributed by atoms with E-state index in [4.69, 9.17) is 5.26 Å². The molecular weight excluding hydrogens is 166 g/mol. The zero-order chi connectivity index (χ0) is 9.41. The van der Waals surface area contributed by atoms with Gasteiger partial charge in [0.1, 0.15) is 4.75 Å². The monoisotopic (exact) mass is 183 g/mol. The van der Waals surface area contributed by atoms with Gasteiger partial charge in [0.15, 0.2) is 0 Å². The van der Waals surface area contributed by atoms with Gasteiger partial charge in [-0.05, 0) is 30.4 Å². The second-order valence-electron chi connectivity index (χ2n) is 4.78. The number of thioether (sulfide) groups is 1. The molecule has 0 spiro atoms. The van der Waals surface area contributed by atoms with Crippen molar-refractivity contribution in [3.63, 3.8) is 0 Å². The number of hydrogen-bond acceptors (Lipinski definition) is 2. The van der Waals surface area contributed by atoms with Crippen LogP contribution in [0, 0.1) is 22.7 Å². The first-order valence-corrected chi connectivity index (χ1v) is 5.62. The lowest BCUT2D eigenvalue weighted by molar-refractivity contribution is 0.122. The molecule has 0 aromatic rings. The molecule has 0 bridgehead atoms. The van der Waals surface area contributed by atoms with Crippen LogP contribution in [0.4, 0.5) is 0 Å². The predicted molar refractivity (Wildman–Crippen MR) is 54.0 cm³/mol. The van der Waals surface area contributed by atoms with Gasteiger partial charge < -0.3 is 0 Å². The summed E-state index contributed by atoms with van der Waals surface area (Å²) in [7, 11) is 0. The summed E-state index contributed by atoms with van der Waals surface area (Å²) in [4.78, 5) is 0. The summed E-state index contributed by atoms with van der Waals surface area (Å²) < 4.78 is -0.0437. The average molecular weight is 183 g/mol. The van der Waals surface area contributed by atoms with Gasteiger partial charge in [-0.3, -0.25) is 0 Å². The van der Waals surface area contributed by atoms with Gasteiger partial charge in [-0.25, -0.2) is 0 Å². The Labute approximate surface area is 79.5 Å². The lowest BCUT2D eigenvalue weighted by atomic mass is 9.63. The lowest BCUT2D eigenvalue weighted by Gasteiger charge is -2.48. The van der Waals surface area contributed by atoms with E-state index in [1.807, 2.05) is 6.26 Å². The fourth-order valence-electron chi connectivity index (χ4n) is 1.65. The molecule has 0 amide bonds. The molecule has 68 valence electrons. The van der Waals surface area contributed by atoms with Crippen LogP contribution < -0.4 is 0 Å². The molecule has 1 aliphatic rings. The van der Waals surface area contributed by atoms with E-state index in [1.54, 1.807) is 11.8 Å². The molecule has 1 aliphatic carbocycles. The SMILES string of the molecule is CSC1(C#N)CC(C(C)(C)C)C1. The van der Waals surface area contributed by atoms with Crippen LogP contribution in [-0.4, -0.2) is 11.0 Å². The first kappa shape index (κ1) is 9.92. The Balaban J connectivity index is 2.53. The van der Waals surface area contributed by atoms with Crippen molar-refractivity contribution in [1.82, 2.24) is 0 Å². The van der Waals surface area contributed by atoms with Gasteiger partial charge in [-0.2, -0.15) is 5.26 Å². The summed E-state index contributed by atoms with van der Waals surface area (Å²) in [5, 5.41) is 8.95. The molecule has 1 fully saturated rings. The van der Waals surface area contributed by atoms with Crippen molar-refractivity contribution >= 4 is 11.8 Å². The van der Waals surface area contributed by atoms with Gasteiger partial charge in [0.25, 0.3) is 0 Å². The highest BCUT2D eigenvalue weighted by Gasteiger charge is 2.48. The van der Waals surface area contributed by atoms with Crippen molar-refractivity contribution in [3.05, 3.63) is 0 Å². The summed E-state index contributed by atoms with van der Waals surface area (Å²) in [5.41, 5.74) is 0.385. The smallest absolute Gasteiger partial charge is 0.103 e. The van der Waals surface area contributed by atoms with Gasteiger partial charge >= 0.3 is 0 Å². The van der Waals surface area contributed by atoms with Gasteiger partial charge in [0.05, 0.1) is 6.07 Å². The van der Waals surface area contributed by atoms with E-state index in [1.165, 1.54) is 0 Å². The maximum absolute atomic E-state index is 8.95. The van der Waals surface area contributed by atoms with Crippen molar-refractivity contribution in [3.8, 4) is 6.07 Å². The fourth-order valence-corrected chi connectivity index (χ4v) is 2.48. The van der Waals surface area contributed by atoms with E-state index >= 15 is 0 Å². The van der Waals surface area contributed by atoms with Crippen LogP contribution in [0.3, 0.4) is 0 Å². The number of hydrogen-bond donors (Lipinski definition) is 0. The second-order valence-corrected chi connectivity index (χ2v) is 5.97. The second kappa shape index (κ2) is 2.96. The quantitative estimate of drug-likeness (QED) is 0.624. The molecule has 1 nitrogen and oxygen atoms in total. The van der Waals surface area contributed by atoms with E-state index in [0.29, 0.717) is 5.41 Å².